The Bertz CT molecular complexity index is 469. The molecule has 1 saturated heterocycles. The lowest BCUT2D eigenvalue weighted by Gasteiger charge is -2.27. The van der Waals surface area contributed by atoms with Gasteiger partial charge in [-0.05, 0) is 39.0 Å². The zero-order valence-corrected chi connectivity index (χ0v) is 13.1. The highest BCUT2D eigenvalue weighted by atomic mass is 16.5. The lowest BCUT2D eigenvalue weighted by Crippen LogP contribution is -2.34. The second-order valence-corrected chi connectivity index (χ2v) is 6.30. The minimum absolute atomic E-state index is 0.323. The normalized spacial score (nSPS) is 22.3. The van der Waals surface area contributed by atoms with Crippen LogP contribution in [0.25, 0.3) is 0 Å². The van der Waals surface area contributed by atoms with E-state index < -0.39 is 0 Å². The largest absolute Gasteiger partial charge is 0.376 e. The molecular weight excluding hydrogens is 264 g/mol. The van der Waals surface area contributed by atoms with Gasteiger partial charge < -0.3 is 15.0 Å². The van der Waals surface area contributed by atoms with Gasteiger partial charge in [-0.25, -0.2) is 9.97 Å². The number of nitrogens with one attached hydrogen (secondary N) is 1. The van der Waals surface area contributed by atoms with Gasteiger partial charge in [0.25, 0.3) is 0 Å². The average molecular weight is 290 g/mol. The number of rotatable bonds is 6. The van der Waals surface area contributed by atoms with Gasteiger partial charge in [-0.2, -0.15) is 0 Å². The molecule has 116 valence electrons. The molecule has 2 aliphatic rings. The fourth-order valence-electron chi connectivity index (χ4n) is 2.72. The van der Waals surface area contributed by atoms with Crippen molar-refractivity contribution in [1.82, 2.24) is 15.3 Å². The monoisotopic (exact) mass is 290 g/mol. The van der Waals surface area contributed by atoms with Crippen molar-refractivity contribution in [3.05, 3.63) is 17.5 Å². The van der Waals surface area contributed by atoms with Crippen molar-refractivity contribution < 1.29 is 4.74 Å². The quantitative estimate of drug-likeness (QED) is 0.869. The van der Waals surface area contributed by atoms with E-state index in [2.05, 4.69) is 34.2 Å². The summed E-state index contributed by atoms with van der Waals surface area (Å²) < 4.78 is 5.79. The van der Waals surface area contributed by atoms with E-state index in [0.29, 0.717) is 6.10 Å². The Balaban J connectivity index is 1.57. The third-order valence-electron chi connectivity index (χ3n) is 4.32. The number of hydrogen-bond acceptors (Lipinski definition) is 5. The number of anilines is 1. The molecule has 5 nitrogen and oxygen atoms in total. The lowest BCUT2D eigenvalue weighted by atomic mass is 10.1. The standard InChI is InChI=1S/C16H26N4O/c1-12-13(9-17-14-6-7-14)10-18-16(19-12)20(2)11-15-5-3-4-8-21-15/h10,14-15,17H,3-9,11H2,1-2H3. The van der Waals surface area contributed by atoms with Crippen LogP contribution in [-0.2, 0) is 11.3 Å². The van der Waals surface area contributed by atoms with Crippen molar-refractivity contribution in [2.45, 2.75) is 57.7 Å². The van der Waals surface area contributed by atoms with Crippen molar-refractivity contribution in [1.29, 1.82) is 0 Å². The zero-order valence-electron chi connectivity index (χ0n) is 13.1. The summed E-state index contributed by atoms with van der Waals surface area (Å²) in [6, 6.07) is 0.718. The van der Waals surface area contributed by atoms with Gasteiger partial charge in [0.05, 0.1) is 6.10 Å². The molecule has 1 N–H and O–H groups in total. The van der Waals surface area contributed by atoms with Crippen molar-refractivity contribution in [2.24, 2.45) is 0 Å². The molecule has 1 unspecified atom stereocenters. The van der Waals surface area contributed by atoms with Crippen LogP contribution in [-0.4, -0.2) is 42.3 Å². The highest BCUT2D eigenvalue weighted by Gasteiger charge is 2.21. The summed E-state index contributed by atoms with van der Waals surface area (Å²) in [5, 5.41) is 3.51. The molecular formula is C16H26N4O. The van der Waals surface area contributed by atoms with Gasteiger partial charge in [-0.3, -0.25) is 0 Å². The molecule has 0 radical (unpaired) electrons. The molecule has 0 bridgehead atoms. The molecule has 1 aliphatic carbocycles. The van der Waals surface area contributed by atoms with Gasteiger partial charge in [0, 0.05) is 50.2 Å². The lowest BCUT2D eigenvalue weighted by molar-refractivity contribution is 0.0214. The predicted octanol–water partition coefficient (Wildman–Crippen LogP) is 2.04. The Kier molecular flexibility index (Phi) is 4.70. The average Bonchev–Trinajstić information content (AvgIpc) is 3.31. The van der Waals surface area contributed by atoms with Crippen LogP contribution in [0.5, 0.6) is 0 Å². The minimum atomic E-state index is 0.323. The van der Waals surface area contributed by atoms with Gasteiger partial charge >= 0.3 is 0 Å². The van der Waals surface area contributed by atoms with E-state index >= 15 is 0 Å². The Morgan fingerprint density at radius 1 is 1.33 bits per heavy atom. The van der Waals surface area contributed by atoms with Crippen LogP contribution in [0.4, 0.5) is 5.95 Å². The summed E-state index contributed by atoms with van der Waals surface area (Å²) in [5.74, 6) is 0.803. The van der Waals surface area contributed by atoms with Crippen molar-refractivity contribution in [3.63, 3.8) is 0 Å². The highest BCUT2D eigenvalue weighted by molar-refractivity contribution is 5.32. The SMILES string of the molecule is Cc1nc(N(C)CC2CCCCO2)ncc1CNC1CC1. The van der Waals surface area contributed by atoms with Crippen LogP contribution in [0, 0.1) is 6.92 Å². The summed E-state index contributed by atoms with van der Waals surface area (Å²) in [4.78, 5) is 11.3. The molecule has 1 atom stereocenters. The van der Waals surface area contributed by atoms with Gasteiger partial charge in [-0.1, -0.05) is 0 Å². The number of aryl methyl sites for hydroxylation is 1. The first-order valence-electron chi connectivity index (χ1n) is 8.11. The summed E-state index contributed by atoms with van der Waals surface area (Å²) in [6.45, 7) is 4.72. The molecule has 1 saturated carbocycles. The molecule has 0 amide bonds. The fourth-order valence-corrected chi connectivity index (χ4v) is 2.72. The maximum atomic E-state index is 5.79. The number of nitrogens with zero attached hydrogens (tertiary/aromatic N) is 3. The molecule has 21 heavy (non-hydrogen) atoms. The van der Waals surface area contributed by atoms with Crippen LogP contribution in [0.1, 0.15) is 43.4 Å². The summed E-state index contributed by atoms with van der Waals surface area (Å²) in [7, 11) is 2.05. The first-order chi connectivity index (χ1) is 10.2. The zero-order chi connectivity index (χ0) is 14.7. The summed E-state index contributed by atoms with van der Waals surface area (Å²) in [6.07, 6.45) is 8.51. The molecule has 2 heterocycles. The van der Waals surface area contributed by atoms with Crippen LogP contribution in [0.2, 0.25) is 0 Å². The Morgan fingerprint density at radius 3 is 2.86 bits per heavy atom. The number of ether oxygens (including phenoxy) is 1. The van der Waals surface area contributed by atoms with E-state index in [0.717, 1.165) is 43.8 Å². The minimum Gasteiger partial charge on any atom is -0.376 e. The Morgan fingerprint density at radius 2 is 2.19 bits per heavy atom. The second kappa shape index (κ2) is 6.71. The van der Waals surface area contributed by atoms with Crippen LogP contribution < -0.4 is 10.2 Å². The first kappa shape index (κ1) is 14.7. The van der Waals surface area contributed by atoms with E-state index in [4.69, 9.17) is 4.74 Å². The Labute approximate surface area is 127 Å². The molecule has 2 fully saturated rings. The summed E-state index contributed by atoms with van der Waals surface area (Å²) >= 11 is 0. The van der Waals surface area contributed by atoms with E-state index in [-0.39, 0.29) is 0 Å². The maximum absolute atomic E-state index is 5.79. The predicted molar refractivity (Wildman–Crippen MR) is 83.5 cm³/mol. The molecule has 5 heteroatoms. The first-order valence-corrected chi connectivity index (χ1v) is 8.11. The third-order valence-corrected chi connectivity index (χ3v) is 4.32. The van der Waals surface area contributed by atoms with E-state index in [1.54, 1.807) is 0 Å². The van der Waals surface area contributed by atoms with Crippen LogP contribution in [0.15, 0.2) is 6.20 Å². The molecule has 1 aromatic heterocycles. The fraction of sp³-hybridized carbons (Fsp3) is 0.750. The number of aromatic nitrogens is 2. The van der Waals surface area contributed by atoms with Crippen molar-refractivity contribution >= 4 is 5.95 Å². The van der Waals surface area contributed by atoms with Gasteiger partial charge in [0.2, 0.25) is 5.95 Å². The van der Waals surface area contributed by atoms with Gasteiger partial charge in [0.1, 0.15) is 0 Å². The molecule has 3 rings (SSSR count). The van der Waals surface area contributed by atoms with E-state index in [1.807, 2.05) is 6.20 Å². The summed E-state index contributed by atoms with van der Waals surface area (Å²) in [5.41, 5.74) is 2.28. The van der Waals surface area contributed by atoms with E-state index in [1.165, 1.54) is 31.2 Å². The third kappa shape index (κ3) is 4.14. The van der Waals surface area contributed by atoms with Gasteiger partial charge in [-0.15, -0.1) is 0 Å². The van der Waals surface area contributed by atoms with Crippen molar-refractivity contribution in [2.75, 3.05) is 25.1 Å². The smallest absolute Gasteiger partial charge is 0.225 e. The van der Waals surface area contributed by atoms with Crippen LogP contribution >= 0.6 is 0 Å². The maximum Gasteiger partial charge on any atom is 0.225 e. The highest BCUT2D eigenvalue weighted by Crippen LogP contribution is 2.20. The van der Waals surface area contributed by atoms with Crippen LogP contribution in [0.3, 0.4) is 0 Å². The Hall–Kier alpha value is -1.20. The van der Waals surface area contributed by atoms with Gasteiger partial charge in [0.15, 0.2) is 0 Å². The molecule has 1 aliphatic heterocycles. The van der Waals surface area contributed by atoms with E-state index in [9.17, 15) is 0 Å². The molecule has 0 spiro atoms. The number of hydrogen-bond donors (Lipinski definition) is 1. The van der Waals surface area contributed by atoms with Crippen molar-refractivity contribution in [3.8, 4) is 0 Å². The number of likely N-dealkylation sites (N-methyl/N-ethyl adjacent to an activating group) is 1. The molecule has 0 aromatic carbocycles. The molecule has 1 aromatic rings. The second-order valence-electron chi connectivity index (χ2n) is 6.30. The topological polar surface area (TPSA) is 50.3 Å².